The van der Waals surface area contributed by atoms with E-state index >= 15 is 0 Å². The van der Waals surface area contributed by atoms with Gasteiger partial charge in [-0.3, -0.25) is 0 Å². The highest BCUT2D eigenvalue weighted by Crippen LogP contribution is 2.29. The molecule has 4 rings (SSSR count). The molecule has 6 heteroatoms. The second-order valence-corrected chi connectivity index (χ2v) is 9.32. The first-order valence-electron chi connectivity index (χ1n) is 9.92. The Morgan fingerprint density at radius 2 is 1.63 bits per heavy atom. The first-order valence-corrected chi connectivity index (χ1v) is 11.4. The molecule has 0 unspecified atom stereocenters. The molecule has 0 amide bonds. The average molecular weight is 423 g/mol. The molecule has 0 radical (unpaired) electrons. The van der Waals surface area contributed by atoms with E-state index in [1.54, 1.807) is 36.4 Å². The minimum atomic E-state index is -3.83. The predicted octanol–water partition coefficient (Wildman–Crippen LogP) is 4.93. The molecule has 0 saturated heterocycles. The summed E-state index contributed by atoms with van der Waals surface area (Å²) in [6.07, 6.45) is 1.78. The summed E-state index contributed by atoms with van der Waals surface area (Å²) in [5.41, 5.74) is 3.54. The predicted molar refractivity (Wildman–Crippen MR) is 116 cm³/mol. The van der Waals surface area contributed by atoms with Crippen LogP contribution in [0.25, 0.3) is 0 Å². The fourth-order valence-corrected chi connectivity index (χ4v) is 5.11. The van der Waals surface area contributed by atoms with E-state index < -0.39 is 10.0 Å². The molecule has 1 aliphatic rings. The number of halogens is 1. The Morgan fingerprint density at radius 3 is 2.30 bits per heavy atom. The van der Waals surface area contributed by atoms with Crippen molar-refractivity contribution in [1.29, 1.82) is 0 Å². The minimum absolute atomic E-state index is 0.218. The standard InChI is InChI=1S/C24H23FN2O2S/c1-18-7-14-23(15-8-18)30(28,29)27-22(17-19-9-11-21(25)12-10-19)13-16-24(26-27)20-5-3-2-4-6-20/h2-12,14-15,22H,13,16-17H2,1H3/t22-/m0/s1. The monoisotopic (exact) mass is 422 g/mol. The van der Waals surface area contributed by atoms with Crippen molar-refractivity contribution in [2.24, 2.45) is 5.10 Å². The first-order chi connectivity index (χ1) is 14.4. The molecule has 1 heterocycles. The van der Waals surface area contributed by atoms with E-state index in [0.717, 1.165) is 22.4 Å². The van der Waals surface area contributed by atoms with Crippen molar-refractivity contribution in [1.82, 2.24) is 4.41 Å². The quantitative estimate of drug-likeness (QED) is 0.585. The Labute approximate surface area is 176 Å². The van der Waals surface area contributed by atoms with Gasteiger partial charge in [0.2, 0.25) is 0 Å². The van der Waals surface area contributed by atoms with Gasteiger partial charge in [-0.1, -0.05) is 60.2 Å². The van der Waals surface area contributed by atoms with Gasteiger partial charge in [-0.2, -0.15) is 17.9 Å². The van der Waals surface area contributed by atoms with Crippen LogP contribution in [0.3, 0.4) is 0 Å². The summed E-state index contributed by atoms with van der Waals surface area (Å²) in [6.45, 7) is 1.92. The highest BCUT2D eigenvalue weighted by molar-refractivity contribution is 7.89. The fraction of sp³-hybridized carbons (Fsp3) is 0.208. The molecule has 0 N–H and O–H groups in total. The molecule has 0 saturated carbocycles. The molecule has 0 fully saturated rings. The number of nitrogens with zero attached hydrogens (tertiary/aromatic N) is 2. The molecule has 0 bridgehead atoms. The lowest BCUT2D eigenvalue weighted by molar-refractivity contribution is 0.301. The van der Waals surface area contributed by atoms with Crippen molar-refractivity contribution >= 4 is 15.7 Å². The van der Waals surface area contributed by atoms with Crippen molar-refractivity contribution in [3.8, 4) is 0 Å². The third kappa shape index (κ3) is 4.28. The zero-order valence-corrected chi connectivity index (χ0v) is 17.5. The van der Waals surface area contributed by atoms with Crippen LogP contribution in [0.5, 0.6) is 0 Å². The molecule has 3 aromatic carbocycles. The Balaban J connectivity index is 1.73. The Kier molecular flexibility index (Phi) is 5.68. The van der Waals surface area contributed by atoms with Crippen LogP contribution in [0.4, 0.5) is 4.39 Å². The van der Waals surface area contributed by atoms with Crippen molar-refractivity contribution in [2.45, 2.75) is 37.1 Å². The van der Waals surface area contributed by atoms with Crippen LogP contribution in [0.2, 0.25) is 0 Å². The number of benzene rings is 3. The van der Waals surface area contributed by atoms with Gasteiger partial charge in [-0.25, -0.2) is 4.39 Å². The molecule has 4 nitrogen and oxygen atoms in total. The smallest absolute Gasteiger partial charge is 0.207 e. The molecular weight excluding hydrogens is 399 g/mol. The summed E-state index contributed by atoms with van der Waals surface area (Å²) in [5.74, 6) is -0.309. The molecule has 0 aliphatic carbocycles. The van der Waals surface area contributed by atoms with Gasteiger partial charge in [0.25, 0.3) is 10.0 Å². The lowest BCUT2D eigenvalue weighted by atomic mass is 9.97. The van der Waals surface area contributed by atoms with E-state index in [9.17, 15) is 12.8 Å². The summed E-state index contributed by atoms with van der Waals surface area (Å²) < 4.78 is 41.5. The second-order valence-electron chi connectivity index (χ2n) is 7.53. The third-order valence-corrected chi connectivity index (χ3v) is 7.04. The highest BCUT2D eigenvalue weighted by Gasteiger charge is 2.34. The van der Waals surface area contributed by atoms with Gasteiger partial charge in [0.05, 0.1) is 16.6 Å². The van der Waals surface area contributed by atoms with Crippen LogP contribution in [0.1, 0.15) is 29.5 Å². The zero-order chi connectivity index (χ0) is 21.1. The molecule has 154 valence electrons. The summed E-state index contributed by atoms with van der Waals surface area (Å²) in [5, 5.41) is 4.61. The van der Waals surface area contributed by atoms with E-state index in [-0.39, 0.29) is 16.8 Å². The zero-order valence-electron chi connectivity index (χ0n) is 16.7. The largest absolute Gasteiger partial charge is 0.279 e. The van der Waals surface area contributed by atoms with E-state index in [2.05, 4.69) is 5.10 Å². The lowest BCUT2D eigenvalue weighted by Gasteiger charge is -2.33. The molecule has 0 aromatic heterocycles. The molecule has 30 heavy (non-hydrogen) atoms. The maximum atomic E-state index is 13.5. The van der Waals surface area contributed by atoms with E-state index in [1.807, 2.05) is 37.3 Å². The van der Waals surface area contributed by atoms with Gasteiger partial charge in [0, 0.05) is 0 Å². The van der Waals surface area contributed by atoms with Crippen LogP contribution in [0, 0.1) is 12.7 Å². The maximum Gasteiger partial charge on any atom is 0.279 e. The van der Waals surface area contributed by atoms with Gasteiger partial charge in [-0.15, -0.1) is 0 Å². The minimum Gasteiger partial charge on any atom is -0.207 e. The normalized spacial score (nSPS) is 16.9. The topological polar surface area (TPSA) is 49.7 Å². The highest BCUT2D eigenvalue weighted by atomic mass is 32.2. The Hall–Kier alpha value is -2.99. The lowest BCUT2D eigenvalue weighted by Crippen LogP contribution is -2.41. The van der Waals surface area contributed by atoms with Crippen molar-refractivity contribution in [2.75, 3.05) is 0 Å². The molecular formula is C24H23FN2O2S. The molecule has 1 aliphatic heterocycles. The van der Waals surface area contributed by atoms with Crippen LogP contribution >= 0.6 is 0 Å². The van der Waals surface area contributed by atoms with Crippen molar-refractivity contribution in [3.63, 3.8) is 0 Å². The molecule has 1 atom stereocenters. The summed E-state index contributed by atoms with van der Waals surface area (Å²) in [6, 6.07) is 22.3. The number of hydrazone groups is 1. The Morgan fingerprint density at radius 1 is 0.967 bits per heavy atom. The fourth-order valence-electron chi connectivity index (χ4n) is 3.64. The van der Waals surface area contributed by atoms with Gasteiger partial charge < -0.3 is 0 Å². The number of hydrogen-bond donors (Lipinski definition) is 0. The van der Waals surface area contributed by atoms with Crippen LogP contribution < -0.4 is 0 Å². The van der Waals surface area contributed by atoms with Gasteiger partial charge >= 0.3 is 0 Å². The number of hydrogen-bond acceptors (Lipinski definition) is 3. The number of aryl methyl sites for hydroxylation is 1. The van der Waals surface area contributed by atoms with E-state index in [1.165, 1.54) is 16.5 Å². The first kappa shape index (κ1) is 20.3. The summed E-state index contributed by atoms with van der Waals surface area (Å²) in [4.78, 5) is 0.218. The van der Waals surface area contributed by atoms with Gasteiger partial charge in [-0.05, 0) is 61.6 Å². The third-order valence-electron chi connectivity index (χ3n) is 5.30. The van der Waals surface area contributed by atoms with Gasteiger partial charge in [0.1, 0.15) is 5.82 Å². The molecule has 0 spiro atoms. The Bertz CT molecular complexity index is 1140. The summed E-state index contributed by atoms with van der Waals surface area (Å²) >= 11 is 0. The number of rotatable bonds is 5. The van der Waals surface area contributed by atoms with Gasteiger partial charge in [0.15, 0.2) is 0 Å². The molecule has 3 aromatic rings. The van der Waals surface area contributed by atoms with Crippen molar-refractivity contribution < 1.29 is 12.8 Å². The SMILES string of the molecule is Cc1ccc(S(=O)(=O)N2N=C(c3ccccc3)CC[C@H]2Cc2ccc(F)cc2)cc1. The van der Waals surface area contributed by atoms with E-state index in [4.69, 9.17) is 0 Å². The summed E-state index contributed by atoms with van der Waals surface area (Å²) in [7, 11) is -3.83. The van der Waals surface area contributed by atoms with Crippen LogP contribution in [-0.4, -0.2) is 24.6 Å². The van der Waals surface area contributed by atoms with E-state index in [0.29, 0.717) is 19.3 Å². The maximum absolute atomic E-state index is 13.5. The van der Waals surface area contributed by atoms with Crippen LogP contribution in [0.15, 0.2) is 88.9 Å². The number of sulfonamides is 1. The average Bonchev–Trinajstić information content (AvgIpc) is 2.76. The van der Waals surface area contributed by atoms with Crippen LogP contribution in [-0.2, 0) is 16.4 Å². The second kappa shape index (κ2) is 8.40. The van der Waals surface area contributed by atoms with Crippen molar-refractivity contribution in [3.05, 3.63) is 101 Å².